The quantitative estimate of drug-likeness (QED) is 0.725. The summed E-state index contributed by atoms with van der Waals surface area (Å²) in [4.78, 5) is 27.4. The summed E-state index contributed by atoms with van der Waals surface area (Å²) >= 11 is 0. The van der Waals surface area contributed by atoms with Gasteiger partial charge >= 0.3 is 0 Å². The second-order valence-electron chi connectivity index (χ2n) is 5.72. The van der Waals surface area contributed by atoms with Gasteiger partial charge in [0.05, 0.1) is 12.2 Å². The predicted molar refractivity (Wildman–Crippen MR) is 90.6 cm³/mol. The fourth-order valence-electron chi connectivity index (χ4n) is 2.41. The second kappa shape index (κ2) is 7.04. The zero-order valence-corrected chi connectivity index (χ0v) is 13.7. The minimum atomic E-state index is -0.0422. The third-order valence-electron chi connectivity index (χ3n) is 3.70. The fourth-order valence-corrected chi connectivity index (χ4v) is 2.41. The van der Waals surface area contributed by atoms with Crippen LogP contribution in [0.3, 0.4) is 0 Å². The number of amides is 1. The topological polar surface area (TPSA) is 63.9 Å². The monoisotopic (exact) mass is 321 g/mol. The van der Waals surface area contributed by atoms with Gasteiger partial charge < -0.3 is 4.90 Å². The molecular weight excluding hydrogens is 302 g/mol. The van der Waals surface area contributed by atoms with E-state index >= 15 is 0 Å². The molecule has 6 heteroatoms. The molecule has 24 heavy (non-hydrogen) atoms. The fraction of sp³-hybridized carbons (Fsp3) is 0.222. The van der Waals surface area contributed by atoms with E-state index in [2.05, 4.69) is 15.0 Å². The van der Waals surface area contributed by atoms with E-state index in [9.17, 15) is 4.79 Å². The van der Waals surface area contributed by atoms with Crippen molar-refractivity contribution in [3.63, 3.8) is 0 Å². The highest BCUT2D eigenvalue weighted by Gasteiger charge is 2.20. The van der Waals surface area contributed by atoms with E-state index in [1.807, 2.05) is 32.0 Å². The first-order valence-corrected chi connectivity index (χ1v) is 7.80. The maximum absolute atomic E-state index is 13.0. The zero-order valence-electron chi connectivity index (χ0n) is 13.7. The molecule has 0 fully saturated rings. The Morgan fingerprint density at radius 2 is 2.04 bits per heavy atom. The van der Waals surface area contributed by atoms with Gasteiger partial charge in [-0.25, -0.2) is 9.97 Å². The van der Waals surface area contributed by atoms with E-state index in [1.165, 1.54) is 0 Å². The average Bonchev–Trinajstić information content (AvgIpc) is 3.14. The van der Waals surface area contributed by atoms with Crippen LogP contribution in [-0.2, 0) is 6.54 Å². The summed E-state index contributed by atoms with van der Waals surface area (Å²) < 4.78 is 1.77. The third kappa shape index (κ3) is 3.48. The van der Waals surface area contributed by atoms with E-state index < -0.39 is 0 Å². The Morgan fingerprint density at radius 3 is 2.71 bits per heavy atom. The smallest absolute Gasteiger partial charge is 0.254 e. The highest BCUT2D eigenvalue weighted by Crippen LogP contribution is 2.14. The molecule has 122 valence electrons. The summed E-state index contributed by atoms with van der Waals surface area (Å²) in [6.45, 7) is 4.47. The number of hydrogen-bond acceptors (Lipinski definition) is 4. The Hall–Kier alpha value is -3.02. The number of rotatable bonds is 5. The van der Waals surface area contributed by atoms with Gasteiger partial charge in [0.1, 0.15) is 12.1 Å². The van der Waals surface area contributed by atoms with Crippen LogP contribution in [0.4, 0.5) is 0 Å². The molecule has 0 unspecified atom stereocenters. The molecular formula is C18H19N5O. The Labute approximate surface area is 140 Å². The molecule has 0 saturated heterocycles. The van der Waals surface area contributed by atoms with E-state index in [0.29, 0.717) is 17.9 Å². The molecule has 3 rings (SSSR count). The molecule has 0 saturated carbocycles. The van der Waals surface area contributed by atoms with Gasteiger partial charge in [0.15, 0.2) is 0 Å². The van der Waals surface area contributed by atoms with Crippen molar-refractivity contribution in [1.82, 2.24) is 24.4 Å². The highest BCUT2D eigenvalue weighted by atomic mass is 16.2. The maximum Gasteiger partial charge on any atom is 0.254 e. The van der Waals surface area contributed by atoms with Gasteiger partial charge in [-0.1, -0.05) is 6.07 Å². The van der Waals surface area contributed by atoms with Crippen LogP contribution >= 0.6 is 0 Å². The molecule has 3 heterocycles. The molecule has 0 N–H and O–H groups in total. The number of carbonyl (C=O) groups excluding carboxylic acids is 1. The van der Waals surface area contributed by atoms with Crippen LogP contribution in [0.5, 0.6) is 0 Å². The van der Waals surface area contributed by atoms with Crippen LogP contribution < -0.4 is 0 Å². The molecule has 0 aromatic carbocycles. The Balaban J connectivity index is 1.86. The van der Waals surface area contributed by atoms with Gasteiger partial charge in [0, 0.05) is 36.4 Å². The lowest BCUT2D eigenvalue weighted by Gasteiger charge is -2.26. The average molecular weight is 321 g/mol. The van der Waals surface area contributed by atoms with E-state index in [1.54, 1.807) is 52.7 Å². The van der Waals surface area contributed by atoms with Gasteiger partial charge in [0.25, 0.3) is 5.91 Å². The van der Waals surface area contributed by atoms with Crippen molar-refractivity contribution in [2.45, 2.75) is 26.4 Å². The largest absolute Gasteiger partial charge is 0.330 e. The summed E-state index contributed by atoms with van der Waals surface area (Å²) in [5.74, 6) is 0.624. The summed E-state index contributed by atoms with van der Waals surface area (Å²) in [5.41, 5.74) is 1.46. The Morgan fingerprint density at radius 1 is 1.17 bits per heavy atom. The summed E-state index contributed by atoms with van der Waals surface area (Å²) in [5, 5.41) is 0. The normalized spacial score (nSPS) is 10.8. The molecule has 1 amide bonds. The van der Waals surface area contributed by atoms with Gasteiger partial charge in [-0.3, -0.25) is 14.3 Å². The van der Waals surface area contributed by atoms with Gasteiger partial charge in [-0.05, 0) is 38.1 Å². The first-order valence-electron chi connectivity index (χ1n) is 7.80. The number of carbonyl (C=O) groups is 1. The van der Waals surface area contributed by atoms with Crippen molar-refractivity contribution in [2.24, 2.45) is 0 Å². The van der Waals surface area contributed by atoms with Crippen LogP contribution in [0, 0.1) is 0 Å². The Bertz CT molecular complexity index is 799. The van der Waals surface area contributed by atoms with Crippen molar-refractivity contribution < 1.29 is 4.79 Å². The first-order chi connectivity index (χ1) is 11.6. The number of pyridine rings is 2. The molecule has 3 aromatic heterocycles. The Kier molecular flexibility index (Phi) is 4.65. The molecule has 0 spiro atoms. The lowest BCUT2D eigenvalue weighted by Crippen LogP contribution is -2.36. The van der Waals surface area contributed by atoms with E-state index in [-0.39, 0.29) is 11.9 Å². The van der Waals surface area contributed by atoms with Gasteiger partial charge in [0.2, 0.25) is 0 Å². The van der Waals surface area contributed by atoms with Crippen molar-refractivity contribution >= 4 is 5.91 Å². The maximum atomic E-state index is 13.0. The lowest BCUT2D eigenvalue weighted by molar-refractivity contribution is 0.0687. The minimum absolute atomic E-state index is 0.0422. The number of aromatic nitrogens is 4. The molecule has 6 nitrogen and oxygen atoms in total. The summed E-state index contributed by atoms with van der Waals surface area (Å²) in [7, 11) is 0. The third-order valence-corrected chi connectivity index (χ3v) is 3.70. The van der Waals surface area contributed by atoms with Crippen molar-refractivity contribution in [2.75, 3.05) is 0 Å². The molecule has 0 aliphatic rings. The second-order valence-corrected chi connectivity index (χ2v) is 5.72. The minimum Gasteiger partial charge on any atom is -0.330 e. The molecule has 0 aliphatic carbocycles. The van der Waals surface area contributed by atoms with Gasteiger partial charge in [-0.15, -0.1) is 0 Å². The standard InChI is InChI=1S/C18H19N5O/c1-14(2)23(12-16-5-3-4-7-20-16)18(24)15-6-8-21-17(11-15)22-10-9-19-13-22/h3-11,13-14H,12H2,1-2H3. The van der Waals surface area contributed by atoms with E-state index in [0.717, 1.165) is 5.69 Å². The van der Waals surface area contributed by atoms with Crippen LogP contribution in [0.15, 0.2) is 61.4 Å². The van der Waals surface area contributed by atoms with Crippen LogP contribution in [-0.4, -0.2) is 36.4 Å². The molecule has 0 bridgehead atoms. The molecule has 0 radical (unpaired) electrons. The number of imidazole rings is 1. The highest BCUT2D eigenvalue weighted by molar-refractivity contribution is 5.94. The SMILES string of the molecule is CC(C)N(Cc1ccccn1)C(=O)c1ccnc(-n2ccnc2)c1. The molecule has 0 atom stereocenters. The summed E-state index contributed by atoms with van der Waals surface area (Å²) in [6.07, 6.45) is 8.51. The van der Waals surface area contributed by atoms with Crippen LogP contribution in [0.1, 0.15) is 29.9 Å². The van der Waals surface area contributed by atoms with Crippen LogP contribution in [0.25, 0.3) is 5.82 Å². The lowest BCUT2D eigenvalue weighted by atomic mass is 10.2. The number of hydrogen-bond donors (Lipinski definition) is 0. The van der Waals surface area contributed by atoms with Crippen molar-refractivity contribution in [3.05, 3.63) is 72.7 Å². The van der Waals surface area contributed by atoms with E-state index in [4.69, 9.17) is 0 Å². The van der Waals surface area contributed by atoms with Crippen LogP contribution in [0.2, 0.25) is 0 Å². The molecule has 0 aliphatic heterocycles. The summed E-state index contributed by atoms with van der Waals surface area (Å²) in [6, 6.07) is 9.28. The first kappa shape index (κ1) is 15.9. The van der Waals surface area contributed by atoms with Crippen molar-refractivity contribution in [1.29, 1.82) is 0 Å². The van der Waals surface area contributed by atoms with Gasteiger partial charge in [-0.2, -0.15) is 0 Å². The van der Waals surface area contributed by atoms with Crippen molar-refractivity contribution in [3.8, 4) is 5.82 Å². The zero-order chi connectivity index (χ0) is 16.9. The predicted octanol–water partition coefficient (Wildman–Crippen LogP) is 2.71. The number of nitrogens with zero attached hydrogens (tertiary/aromatic N) is 5. The molecule has 3 aromatic rings.